The van der Waals surface area contributed by atoms with Gasteiger partial charge in [-0.25, -0.2) is 4.98 Å². The van der Waals surface area contributed by atoms with E-state index in [4.69, 9.17) is 0 Å². The molecule has 0 bridgehead atoms. The Morgan fingerprint density at radius 2 is 2.13 bits per heavy atom. The van der Waals surface area contributed by atoms with E-state index >= 15 is 0 Å². The summed E-state index contributed by atoms with van der Waals surface area (Å²) in [7, 11) is 3.71. The van der Waals surface area contributed by atoms with Gasteiger partial charge in [0.1, 0.15) is 11.9 Å². The average Bonchev–Trinajstić information content (AvgIpc) is 2.75. The number of hydrogen-bond donors (Lipinski definition) is 1. The Morgan fingerprint density at radius 3 is 2.60 bits per heavy atom. The summed E-state index contributed by atoms with van der Waals surface area (Å²) < 4.78 is 3.54. The summed E-state index contributed by atoms with van der Waals surface area (Å²) in [5, 5.41) is 14.2. The number of rotatable bonds is 2. The van der Waals surface area contributed by atoms with Crippen molar-refractivity contribution in [3.05, 3.63) is 35.7 Å². The van der Waals surface area contributed by atoms with Gasteiger partial charge < -0.3 is 9.67 Å². The molecule has 2 rings (SSSR count). The van der Waals surface area contributed by atoms with Crippen LogP contribution in [-0.4, -0.2) is 24.4 Å². The van der Waals surface area contributed by atoms with Crippen LogP contribution in [0.15, 0.2) is 18.6 Å². The first-order valence-electron chi connectivity index (χ1n) is 4.75. The zero-order chi connectivity index (χ0) is 11.0. The number of aliphatic hydroxyl groups excluding tert-OH is 1. The summed E-state index contributed by atoms with van der Waals surface area (Å²) >= 11 is 0. The second kappa shape index (κ2) is 3.51. The highest BCUT2D eigenvalue weighted by atomic mass is 16.3. The molecule has 0 aliphatic heterocycles. The van der Waals surface area contributed by atoms with Crippen molar-refractivity contribution in [2.75, 3.05) is 0 Å². The molecule has 2 aromatic heterocycles. The van der Waals surface area contributed by atoms with E-state index in [-0.39, 0.29) is 0 Å². The smallest absolute Gasteiger partial charge is 0.142 e. The van der Waals surface area contributed by atoms with Crippen LogP contribution in [0.3, 0.4) is 0 Å². The highest BCUT2D eigenvalue weighted by molar-refractivity contribution is 5.24. The Kier molecular flexibility index (Phi) is 2.32. The number of aryl methyl sites for hydroxylation is 2. The van der Waals surface area contributed by atoms with Crippen molar-refractivity contribution in [3.8, 4) is 0 Å². The summed E-state index contributed by atoms with van der Waals surface area (Å²) in [5.74, 6) is 0.631. The molecule has 80 valence electrons. The fraction of sp³-hybridized carbons (Fsp3) is 0.400. The number of aliphatic hydroxyl groups is 1. The van der Waals surface area contributed by atoms with E-state index in [1.165, 1.54) is 0 Å². The third kappa shape index (κ3) is 1.55. The second-order valence-corrected chi connectivity index (χ2v) is 3.61. The maximum Gasteiger partial charge on any atom is 0.142 e. The molecule has 2 aromatic rings. The molecule has 0 aromatic carbocycles. The van der Waals surface area contributed by atoms with Crippen molar-refractivity contribution >= 4 is 0 Å². The van der Waals surface area contributed by atoms with Gasteiger partial charge in [-0.05, 0) is 6.92 Å². The van der Waals surface area contributed by atoms with Gasteiger partial charge in [-0.3, -0.25) is 4.68 Å². The maximum atomic E-state index is 10.1. The number of aromatic nitrogens is 4. The molecule has 0 radical (unpaired) electrons. The first-order chi connectivity index (χ1) is 7.11. The predicted octanol–water partition coefficient (Wildman–Crippen LogP) is 0.544. The molecule has 0 spiro atoms. The van der Waals surface area contributed by atoms with Gasteiger partial charge in [0.05, 0.1) is 6.20 Å². The molecule has 1 atom stereocenters. The molecule has 5 nitrogen and oxygen atoms in total. The molecule has 0 amide bonds. The third-order valence-electron chi connectivity index (χ3n) is 2.67. The van der Waals surface area contributed by atoms with Gasteiger partial charge >= 0.3 is 0 Å². The van der Waals surface area contributed by atoms with Crippen LogP contribution in [0.4, 0.5) is 0 Å². The van der Waals surface area contributed by atoms with Gasteiger partial charge in [-0.2, -0.15) is 5.10 Å². The summed E-state index contributed by atoms with van der Waals surface area (Å²) in [5.41, 5.74) is 1.75. The van der Waals surface area contributed by atoms with Crippen LogP contribution < -0.4 is 0 Å². The zero-order valence-corrected chi connectivity index (χ0v) is 9.05. The van der Waals surface area contributed by atoms with Gasteiger partial charge in [0, 0.05) is 37.7 Å². The number of imidazole rings is 1. The molecule has 1 N–H and O–H groups in total. The lowest BCUT2D eigenvalue weighted by molar-refractivity contribution is 0.205. The van der Waals surface area contributed by atoms with Gasteiger partial charge in [-0.15, -0.1) is 0 Å². The minimum absolute atomic E-state index is 0.631. The quantitative estimate of drug-likeness (QED) is 0.780. The average molecular weight is 206 g/mol. The molecule has 2 heterocycles. The number of hydrogen-bond acceptors (Lipinski definition) is 3. The van der Waals surface area contributed by atoms with Crippen molar-refractivity contribution in [2.24, 2.45) is 14.1 Å². The van der Waals surface area contributed by atoms with E-state index in [9.17, 15) is 5.11 Å². The van der Waals surface area contributed by atoms with E-state index < -0.39 is 6.10 Å². The van der Waals surface area contributed by atoms with Crippen LogP contribution in [0.2, 0.25) is 0 Å². The molecule has 0 saturated heterocycles. The molecule has 1 unspecified atom stereocenters. The van der Waals surface area contributed by atoms with Crippen LogP contribution in [-0.2, 0) is 14.1 Å². The van der Waals surface area contributed by atoms with E-state index in [2.05, 4.69) is 10.1 Å². The standard InChI is InChI=1S/C10H14N4O/c1-7-8(6-12-14(7)3)9(15)10-11-4-5-13(10)2/h4-6,9,15H,1-3H3. The zero-order valence-electron chi connectivity index (χ0n) is 9.05. The van der Waals surface area contributed by atoms with Crippen molar-refractivity contribution in [2.45, 2.75) is 13.0 Å². The van der Waals surface area contributed by atoms with Gasteiger partial charge in [0.15, 0.2) is 0 Å². The Balaban J connectivity index is 2.41. The van der Waals surface area contributed by atoms with Gasteiger partial charge in [0.25, 0.3) is 0 Å². The largest absolute Gasteiger partial charge is 0.380 e. The van der Waals surface area contributed by atoms with Crippen molar-refractivity contribution in [1.29, 1.82) is 0 Å². The number of nitrogens with zero attached hydrogens (tertiary/aromatic N) is 4. The van der Waals surface area contributed by atoms with E-state index in [0.29, 0.717) is 5.82 Å². The summed E-state index contributed by atoms with van der Waals surface area (Å²) in [6.07, 6.45) is 4.45. The molecule has 0 aliphatic carbocycles. The van der Waals surface area contributed by atoms with Gasteiger partial charge in [0.2, 0.25) is 0 Å². The van der Waals surface area contributed by atoms with Crippen LogP contribution in [0.1, 0.15) is 23.2 Å². The molecule has 0 saturated carbocycles. The Labute approximate surface area is 88.0 Å². The van der Waals surface area contributed by atoms with Crippen LogP contribution in [0, 0.1) is 6.92 Å². The highest BCUT2D eigenvalue weighted by Crippen LogP contribution is 2.22. The van der Waals surface area contributed by atoms with Crippen molar-refractivity contribution in [1.82, 2.24) is 19.3 Å². The highest BCUT2D eigenvalue weighted by Gasteiger charge is 2.19. The minimum Gasteiger partial charge on any atom is -0.380 e. The van der Waals surface area contributed by atoms with E-state index in [1.54, 1.807) is 21.6 Å². The van der Waals surface area contributed by atoms with Crippen LogP contribution >= 0.6 is 0 Å². The third-order valence-corrected chi connectivity index (χ3v) is 2.67. The molecule has 0 fully saturated rings. The lowest BCUT2D eigenvalue weighted by Gasteiger charge is -2.09. The molecule has 15 heavy (non-hydrogen) atoms. The fourth-order valence-electron chi connectivity index (χ4n) is 1.56. The summed E-state index contributed by atoms with van der Waals surface area (Å²) in [6, 6.07) is 0. The fourth-order valence-corrected chi connectivity index (χ4v) is 1.56. The molecule has 5 heteroatoms. The summed E-state index contributed by atoms with van der Waals surface area (Å²) in [4.78, 5) is 4.12. The van der Waals surface area contributed by atoms with Crippen molar-refractivity contribution < 1.29 is 5.11 Å². The van der Waals surface area contributed by atoms with E-state index in [1.807, 2.05) is 27.2 Å². The topological polar surface area (TPSA) is 55.9 Å². The molecular weight excluding hydrogens is 192 g/mol. The van der Waals surface area contributed by atoms with Gasteiger partial charge in [-0.1, -0.05) is 0 Å². The second-order valence-electron chi connectivity index (χ2n) is 3.61. The molecular formula is C10H14N4O. The lowest BCUT2D eigenvalue weighted by atomic mass is 10.1. The SMILES string of the molecule is Cc1c(C(O)c2nccn2C)cnn1C. The minimum atomic E-state index is -0.710. The lowest BCUT2D eigenvalue weighted by Crippen LogP contribution is -2.08. The van der Waals surface area contributed by atoms with Crippen molar-refractivity contribution in [3.63, 3.8) is 0 Å². The monoisotopic (exact) mass is 206 g/mol. The van der Waals surface area contributed by atoms with Crippen LogP contribution in [0.5, 0.6) is 0 Å². The first kappa shape index (κ1) is 9.92. The maximum absolute atomic E-state index is 10.1. The predicted molar refractivity (Wildman–Crippen MR) is 55.2 cm³/mol. The van der Waals surface area contributed by atoms with E-state index in [0.717, 1.165) is 11.3 Å². The Bertz CT molecular complexity index is 471. The molecule has 0 aliphatic rings. The Hall–Kier alpha value is -1.62. The Morgan fingerprint density at radius 1 is 1.40 bits per heavy atom. The summed E-state index contributed by atoms with van der Waals surface area (Å²) in [6.45, 7) is 1.93. The normalized spacial score (nSPS) is 13.1. The first-order valence-corrected chi connectivity index (χ1v) is 4.75. The van der Waals surface area contributed by atoms with Crippen LogP contribution in [0.25, 0.3) is 0 Å².